The van der Waals surface area contributed by atoms with Gasteiger partial charge in [0, 0.05) is 54.9 Å². The van der Waals surface area contributed by atoms with Gasteiger partial charge in [-0.05, 0) is 79.3 Å². The first kappa shape index (κ1) is 22.5. The number of nitrogens with two attached hydrogens (primary N) is 1. The number of piperidine rings is 1. The summed E-state index contributed by atoms with van der Waals surface area (Å²) in [5.74, 6) is 1.000. The third-order valence-corrected chi connectivity index (χ3v) is 7.37. The highest BCUT2D eigenvalue weighted by Gasteiger charge is 2.25. The van der Waals surface area contributed by atoms with Crippen LogP contribution in [-0.2, 0) is 13.0 Å². The first-order chi connectivity index (χ1) is 17.6. The summed E-state index contributed by atoms with van der Waals surface area (Å²) in [5, 5.41) is 9.33. The third kappa shape index (κ3) is 4.18. The summed E-state index contributed by atoms with van der Waals surface area (Å²) in [4.78, 5) is 26.7. The summed E-state index contributed by atoms with van der Waals surface area (Å²) in [6.07, 6.45) is 5.94. The molecule has 6 rings (SSSR count). The van der Waals surface area contributed by atoms with Crippen molar-refractivity contribution in [3.05, 3.63) is 77.2 Å². The van der Waals surface area contributed by atoms with Gasteiger partial charge in [0.15, 0.2) is 0 Å². The van der Waals surface area contributed by atoms with E-state index in [0.717, 1.165) is 78.0 Å². The highest BCUT2D eigenvalue weighted by Crippen LogP contribution is 2.33. The van der Waals surface area contributed by atoms with Crippen LogP contribution in [0.25, 0.3) is 22.2 Å². The number of likely N-dealkylation sites (tertiary alicyclic amines) is 1. The minimum absolute atomic E-state index is 0.0959. The zero-order valence-electron chi connectivity index (χ0n) is 20.4. The molecule has 0 radical (unpaired) electrons. The van der Waals surface area contributed by atoms with E-state index in [2.05, 4.69) is 51.3 Å². The molecule has 182 valence electrons. The molecule has 1 saturated heterocycles. The molecule has 2 aromatic heterocycles. The quantitative estimate of drug-likeness (QED) is 0.480. The molecule has 1 amide bonds. The third-order valence-electron chi connectivity index (χ3n) is 7.37. The fraction of sp³-hybridized carbons (Fsp3) is 0.321. The lowest BCUT2D eigenvalue weighted by molar-refractivity contribution is 0.0714. The maximum Gasteiger partial charge on any atom is 0.253 e. The predicted octanol–water partition coefficient (Wildman–Crippen LogP) is 3.52. The van der Waals surface area contributed by atoms with Crippen molar-refractivity contribution < 1.29 is 4.79 Å². The second-order valence-corrected chi connectivity index (χ2v) is 9.78. The van der Waals surface area contributed by atoms with Crippen molar-refractivity contribution in [2.75, 3.05) is 24.5 Å². The smallest absolute Gasteiger partial charge is 0.253 e. The zero-order chi connectivity index (χ0) is 24.6. The van der Waals surface area contributed by atoms with E-state index in [-0.39, 0.29) is 11.9 Å². The van der Waals surface area contributed by atoms with Crippen molar-refractivity contribution in [3.8, 4) is 11.3 Å². The molecule has 36 heavy (non-hydrogen) atoms. The molecule has 8 heteroatoms. The molecule has 0 atom stereocenters. The van der Waals surface area contributed by atoms with Crippen molar-refractivity contribution in [2.24, 2.45) is 5.73 Å². The van der Waals surface area contributed by atoms with Gasteiger partial charge in [0.25, 0.3) is 5.91 Å². The Morgan fingerprint density at radius 1 is 1.03 bits per heavy atom. The van der Waals surface area contributed by atoms with E-state index in [9.17, 15) is 4.79 Å². The van der Waals surface area contributed by atoms with Crippen molar-refractivity contribution in [1.29, 1.82) is 0 Å². The number of fused-ring (bicyclic) bond motifs is 2. The maximum atomic E-state index is 13.2. The van der Waals surface area contributed by atoms with Crippen LogP contribution in [0.1, 0.15) is 39.9 Å². The number of hydrogen-bond acceptors (Lipinski definition) is 7. The van der Waals surface area contributed by atoms with Gasteiger partial charge < -0.3 is 15.5 Å². The second-order valence-electron chi connectivity index (χ2n) is 9.78. The van der Waals surface area contributed by atoms with Crippen LogP contribution < -0.4 is 10.6 Å². The number of carbonyl (C=O) groups excluding carboxylic acids is 1. The monoisotopic (exact) mass is 479 g/mol. The average molecular weight is 480 g/mol. The highest BCUT2D eigenvalue weighted by atomic mass is 16.2. The number of aryl methyl sites for hydroxylation is 1. The van der Waals surface area contributed by atoms with Gasteiger partial charge in [-0.2, -0.15) is 10.2 Å². The molecule has 0 spiro atoms. The molecule has 1 fully saturated rings. The number of amides is 1. The lowest BCUT2D eigenvalue weighted by atomic mass is 9.96. The molecule has 4 heterocycles. The Labute approximate surface area is 210 Å². The Morgan fingerprint density at radius 2 is 1.89 bits per heavy atom. The molecule has 4 aromatic rings. The van der Waals surface area contributed by atoms with Crippen molar-refractivity contribution in [2.45, 2.75) is 38.8 Å². The summed E-state index contributed by atoms with van der Waals surface area (Å²) in [6, 6.07) is 14.4. The van der Waals surface area contributed by atoms with Crippen LogP contribution in [0.5, 0.6) is 0 Å². The van der Waals surface area contributed by atoms with Gasteiger partial charge in [0.1, 0.15) is 12.1 Å². The molecule has 2 aliphatic rings. The summed E-state index contributed by atoms with van der Waals surface area (Å²) >= 11 is 0. The SMILES string of the molecule is Cc1cc(-c2cccnn2)cc2c(N3CCc4ccc(C(=O)N5CCC(N)CC5)cc4C3)ncnc12. The number of carbonyl (C=O) groups is 1. The van der Waals surface area contributed by atoms with E-state index in [4.69, 9.17) is 10.7 Å². The van der Waals surface area contributed by atoms with Crippen molar-refractivity contribution in [3.63, 3.8) is 0 Å². The largest absolute Gasteiger partial charge is 0.351 e. The summed E-state index contributed by atoms with van der Waals surface area (Å²) < 4.78 is 0. The molecular weight excluding hydrogens is 450 g/mol. The fourth-order valence-electron chi connectivity index (χ4n) is 5.34. The van der Waals surface area contributed by atoms with Crippen LogP contribution in [0.2, 0.25) is 0 Å². The average Bonchev–Trinajstić information content (AvgIpc) is 2.92. The fourth-order valence-corrected chi connectivity index (χ4v) is 5.34. The topological polar surface area (TPSA) is 101 Å². The van der Waals surface area contributed by atoms with Crippen LogP contribution in [0, 0.1) is 6.92 Å². The first-order valence-corrected chi connectivity index (χ1v) is 12.5. The Balaban J connectivity index is 1.32. The van der Waals surface area contributed by atoms with Gasteiger partial charge in [-0.25, -0.2) is 9.97 Å². The second kappa shape index (κ2) is 9.28. The van der Waals surface area contributed by atoms with E-state index in [1.165, 1.54) is 11.1 Å². The van der Waals surface area contributed by atoms with Crippen molar-refractivity contribution >= 4 is 22.6 Å². The molecule has 8 nitrogen and oxygen atoms in total. The molecule has 0 aliphatic carbocycles. The Bertz CT molecular complexity index is 1430. The number of benzene rings is 2. The summed E-state index contributed by atoms with van der Waals surface area (Å²) in [7, 11) is 0. The van der Waals surface area contributed by atoms with Gasteiger partial charge in [-0.15, -0.1) is 0 Å². The number of hydrogen-bond donors (Lipinski definition) is 1. The predicted molar refractivity (Wildman–Crippen MR) is 140 cm³/mol. The minimum Gasteiger partial charge on any atom is -0.351 e. The number of rotatable bonds is 3. The maximum absolute atomic E-state index is 13.2. The van der Waals surface area contributed by atoms with Gasteiger partial charge in [0.05, 0.1) is 11.2 Å². The van der Waals surface area contributed by atoms with E-state index >= 15 is 0 Å². The Kier molecular flexibility index (Phi) is 5.81. The van der Waals surface area contributed by atoms with Crippen LogP contribution in [0.4, 0.5) is 5.82 Å². The normalized spacial score (nSPS) is 16.3. The summed E-state index contributed by atoms with van der Waals surface area (Å²) in [6.45, 7) is 5.07. The van der Waals surface area contributed by atoms with Gasteiger partial charge in [0.2, 0.25) is 0 Å². The van der Waals surface area contributed by atoms with Gasteiger partial charge in [-0.3, -0.25) is 4.79 Å². The summed E-state index contributed by atoms with van der Waals surface area (Å²) in [5.41, 5.74) is 13.1. The van der Waals surface area contributed by atoms with E-state index in [0.29, 0.717) is 6.54 Å². The van der Waals surface area contributed by atoms with E-state index in [1.54, 1.807) is 12.5 Å². The Morgan fingerprint density at radius 3 is 2.69 bits per heavy atom. The standard InChI is InChI=1S/C28H29N7O/c1-18-13-21(25-3-2-9-32-33-25)15-24-26(18)30-17-31-27(24)35-10-6-19-4-5-20(14-22(19)16-35)28(36)34-11-7-23(29)8-12-34/h2-5,9,13-15,17,23H,6-8,10-12,16,29H2,1H3. The Hall–Kier alpha value is -3.91. The molecule has 2 aliphatic heterocycles. The molecule has 0 bridgehead atoms. The molecule has 2 aromatic carbocycles. The lowest BCUT2D eigenvalue weighted by Crippen LogP contribution is -2.43. The highest BCUT2D eigenvalue weighted by molar-refractivity contribution is 5.96. The molecule has 2 N–H and O–H groups in total. The van der Waals surface area contributed by atoms with E-state index in [1.807, 2.05) is 23.1 Å². The number of aromatic nitrogens is 4. The number of anilines is 1. The zero-order valence-corrected chi connectivity index (χ0v) is 20.4. The van der Waals surface area contributed by atoms with Gasteiger partial charge in [-0.1, -0.05) is 6.07 Å². The van der Waals surface area contributed by atoms with Crippen molar-refractivity contribution in [1.82, 2.24) is 25.1 Å². The van der Waals surface area contributed by atoms with Crippen LogP contribution >= 0.6 is 0 Å². The van der Waals surface area contributed by atoms with Crippen LogP contribution in [0.15, 0.2) is 55.0 Å². The molecule has 0 unspecified atom stereocenters. The molecular formula is C28H29N7O. The molecule has 0 saturated carbocycles. The van der Waals surface area contributed by atoms with Crippen LogP contribution in [-0.4, -0.2) is 56.6 Å². The first-order valence-electron chi connectivity index (χ1n) is 12.5. The van der Waals surface area contributed by atoms with E-state index < -0.39 is 0 Å². The lowest BCUT2D eigenvalue weighted by Gasteiger charge is -2.32. The van der Waals surface area contributed by atoms with Crippen LogP contribution in [0.3, 0.4) is 0 Å². The van der Waals surface area contributed by atoms with Gasteiger partial charge >= 0.3 is 0 Å². The minimum atomic E-state index is 0.0959. The number of nitrogens with zero attached hydrogens (tertiary/aromatic N) is 6.